The summed E-state index contributed by atoms with van der Waals surface area (Å²) in [5.74, 6) is -9.71. The number of carboxylic acid groups (broad SMARTS) is 2. The largest absolute Gasteiger partial charge is 0.480 e. The summed E-state index contributed by atoms with van der Waals surface area (Å²) in [6, 6.07) is 5.54. The van der Waals surface area contributed by atoms with Crippen LogP contribution < -0.4 is 65.1 Å². The summed E-state index contributed by atoms with van der Waals surface area (Å²) in [6.07, 6.45) is 4.81. The van der Waals surface area contributed by atoms with E-state index in [9.17, 15) is 63.0 Å². The van der Waals surface area contributed by atoms with Gasteiger partial charge in [-0.2, -0.15) is 5.10 Å². The minimum Gasteiger partial charge on any atom is -0.480 e. The van der Waals surface area contributed by atoms with E-state index in [4.69, 9.17) is 17.2 Å². The van der Waals surface area contributed by atoms with Gasteiger partial charge in [-0.05, 0) is 82.5 Å². The van der Waals surface area contributed by atoms with Crippen molar-refractivity contribution < 1.29 is 63.0 Å². The number of nitrogens with zero attached hydrogens (tertiary/aromatic N) is 5. The lowest BCUT2D eigenvalue weighted by Gasteiger charge is -2.28. The molecule has 0 aliphatic carbocycles. The van der Waals surface area contributed by atoms with Gasteiger partial charge < -0.3 is 90.1 Å². The highest BCUT2D eigenvalue weighted by Crippen LogP contribution is 2.21. The Morgan fingerprint density at radius 1 is 0.763 bits per heavy atom. The van der Waals surface area contributed by atoms with Crippen LogP contribution in [0.5, 0.6) is 0 Å². The van der Waals surface area contributed by atoms with Crippen molar-refractivity contribution in [3.63, 3.8) is 0 Å². The summed E-state index contributed by atoms with van der Waals surface area (Å²) in [5, 5.41) is 49.3. The van der Waals surface area contributed by atoms with Gasteiger partial charge in [0.25, 0.3) is 0 Å². The number of rotatable bonds is 30. The lowest BCUT2D eigenvalue weighted by Crippen LogP contribution is -2.61. The summed E-state index contributed by atoms with van der Waals surface area (Å²) in [7, 11) is 0. The number of hydrogen-bond acceptors (Lipinski definition) is 16. The number of carbonyl (C=O) groups excluding carboxylic acids is 9. The number of unbranched alkanes of at least 4 members (excludes halogenated alkanes) is 1. The first kappa shape index (κ1) is 75.8. The van der Waals surface area contributed by atoms with Crippen molar-refractivity contribution in [3.05, 3.63) is 107 Å². The molecule has 4 heterocycles. The number of carboxylic acids is 2. The predicted molar refractivity (Wildman–Crippen MR) is 358 cm³/mol. The van der Waals surface area contributed by atoms with Crippen molar-refractivity contribution >= 4 is 82.0 Å². The molecule has 6 rings (SSSR count). The molecule has 2 aromatic carbocycles. The molecule has 1 saturated heterocycles. The number of nitrogens with two attached hydrogens (primary N) is 3. The highest BCUT2D eigenvalue weighted by atomic mass is 16.4. The third-order valence-corrected chi connectivity index (χ3v) is 16.4. The summed E-state index contributed by atoms with van der Waals surface area (Å²) in [5.41, 5.74) is 20.4. The number of imidazole rings is 1. The zero-order valence-corrected chi connectivity index (χ0v) is 55.1. The summed E-state index contributed by atoms with van der Waals surface area (Å²) in [4.78, 5) is 169. The Bertz CT molecular complexity index is 3500. The topological polar surface area (TPSA) is 492 Å². The molecule has 3 aromatic heterocycles. The van der Waals surface area contributed by atoms with Crippen LogP contribution in [0.1, 0.15) is 123 Å². The first-order valence-corrected chi connectivity index (χ1v) is 32.7. The van der Waals surface area contributed by atoms with E-state index in [1.807, 2.05) is 30.0 Å². The average Bonchev–Trinajstić information content (AvgIpc) is 1.73. The van der Waals surface area contributed by atoms with Crippen molar-refractivity contribution in [2.75, 3.05) is 45.8 Å². The smallest absolute Gasteiger partial charge is 0.339 e. The molecular weight excluding hydrogens is 1250 g/mol. The minimum atomic E-state index is -1.71. The number of fused-ring (bicyclic) bond motifs is 1. The number of aromatic nitrogens is 5. The molecule has 1 aliphatic rings. The fourth-order valence-electron chi connectivity index (χ4n) is 11.2. The van der Waals surface area contributed by atoms with Crippen LogP contribution in [0.25, 0.3) is 10.9 Å². The van der Waals surface area contributed by atoms with E-state index in [1.165, 1.54) is 12.5 Å². The van der Waals surface area contributed by atoms with Crippen LogP contribution in [-0.4, -0.2) is 199 Å². The number of aliphatic imine (C=N–C) groups is 1. The molecular formula is C65H93N19O13. The Balaban J connectivity index is 1.22. The Morgan fingerprint density at radius 2 is 1.44 bits per heavy atom. The molecule has 0 spiro atoms. The fraction of sp³-hybridized carbons (Fsp3) is 0.508. The molecule has 32 heteroatoms. The number of aromatic carboxylic acids is 1. The van der Waals surface area contributed by atoms with E-state index in [1.54, 1.807) is 61.1 Å². The van der Waals surface area contributed by atoms with Gasteiger partial charge >= 0.3 is 11.9 Å². The van der Waals surface area contributed by atoms with E-state index < -0.39 is 108 Å². The highest BCUT2D eigenvalue weighted by molar-refractivity contribution is 5.99. The van der Waals surface area contributed by atoms with Gasteiger partial charge in [-0.15, -0.1) is 0 Å². The lowest BCUT2D eigenvalue weighted by molar-refractivity contribution is -0.142. The van der Waals surface area contributed by atoms with Gasteiger partial charge in [-0.25, -0.2) is 14.6 Å². The Morgan fingerprint density at radius 3 is 2.12 bits per heavy atom. The predicted octanol–water partition coefficient (Wildman–Crippen LogP) is -0.910. The van der Waals surface area contributed by atoms with E-state index in [2.05, 4.69) is 72.9 Å². The molecule has 0 bridgehead atoms. The summed E-state index contributed by atoms with van der Waals surface area (Å²) in [6.45, 7) is 7.35. The molecule has 526 valence electrons. The van der Waals surface area contributed by atoms with Crippen LogP contribution in [0, 0.1) is 13.8 Å². The number of guanidine groups is 1. The third kappa shape index (κ3) is 24.8. The van der Waals surface area contributed by atoms with Gasteiger partial charge in [0, 0.05) is 100 Å². The summed E-state index contributed by atoms with van der Waals surface area (Å²) >= 11 is 0. The van der Waals surface area contributed by atoms with Gasteiger partial charge in [-0.3, -0.25) is 52.8 Å². The Hall–Kier alpha value is -10.2. The van der Waals surface area contributed by atoms with Gasteiger partial charge in [-0.1, -0.05) is 68.3 Å². The molecule has 0 radical (unpaired) electrons. The first-order chi connectivity index (χ1) is 46.5. The maximum atomic E-state index is 14.9. The number of H-pyrrole nitrogens is 2. The Labute approximate surface area is 561 Å². The van der Waals surface area contributed by atoms with Gasteiger partial charge in [0.05, 0.1) is 30.7 Å². The van der Waals surface area contributed by atoms with Gasteiger partial charge in [0.15, 0.2) is 5.96 Å². The number of hydrogen-bond donors (Lipinski definition) is 16. The first-order valence-electron chi connectivity index (χ1n) is 32.7. The number of para-hydroxylation sites is 1. The van der Waals surface area contributed by atoms with E-state index in [-0.39, 0.29) is 108 Å². The second-order valence-electron chi connectivity index (χ2n) is 23.9. The lowest BCUT2D eigenvalue weighted by atomic mass is 10.0. The fourth-order valence-corrected chi connectivity index (χ4v) is 11.2. The molecule has 1 aliphatic heterocycles. The Kier molecular flexibility index (Phi) is 30.4. The number of nitrogens with one attached hydrogen (secondary N) is 11. The molecule has 32 nitrogen and oxygen atoms in total. The third-order valence-electron chi connectivity index (χ3n) is 16.4. The number of aryl methyl sites for hydroxylation is 1. The molecule has 5 aromatic rings. The molecule has 9 amide bonds. The molecule has 7 atom stereocenters. The van der Waals surface area contributed by atoms with Crippen molar-refractivity contribution in [1.29, 1.82) is 0 Å². The molecule has 0 unspecified atom stereocenters. The zero-order chi connectivity index (χ0) is 70.4. The standard InChI is InChI=1S/C65H93N19O13/c1-4-5-18-46(75-54(86)23-27-71-53(85)22-14-28-83(29-24-66)30-31-84-40(3)56(64(96)97)39(2)82-84)57(88)81-52-35-55(87)70-25-12-11-20-48(63(94)95)77-60(91)50(33-42-36-73-45-19-10-9-17-44(42)45)79-58(89)47(21-13-26-72-65(67)68)76-59(90)49(32-41-15-7-6-8-16-41)78-61(92)51(80-62(52)93)34-43-37-69-38-74-43/h6-10,15-17,19,36-38,46-52,73H,4-5,11-14,18,20-35,66H2,1-3H3,(H,69,74)(H,70,87)(H,71,85)(H,75,86)(H,76,90)(H,77,91)(H,78,92)(H,79,89)(H,80,93)(H,81,88)(H,94,95)(H,96,97)(H4,67,68,72)/t46-,47-,48-,49+,50-,51-,52-/m0/s1. The van der Waals surface area contributed by atoms with Crippen molar-refractivity contribution in [2.24, 2.45) is 22.2 Å². The molecule has 0 saturated carbocycles. The minimum absolute atomic E-state index is 0.0230. The SMILES string of the molecule is CCCC[C@H](NC(=O)CCNC(=O)CCCN(CCN)CCn1nc(C)c(C(=O)O)c1C)C(=O)N[C@H]1CC(=O)NCCCC[C@@H](C(=O)O)NC(=O)[C@H](Cc2c[nH]c3ccccc23)NC(=O)[C@H](CCCN=C(N)N)NC(=O)[C@@H](Cc2ccccc2)NC(=O)[C@H](Cc2cnc[nH]2)NC1=O. The maximum Gasteiger partial charge on any atom is 0.339 e. The number of aromatic amines is 2. The van der Waals surface area contributed by atoms with Crippen LogP contribution in [0.15, 0.2) is 78.3 Å². The number of amides is 9. The second kappa shape index (κ2) is 39.0. The molecule has 1 fully saturated rings. The van der Waals surface area contributed by atoms with E-state index >= 15 is 0 Å². The van der Waals surface area contributed by atoms with Crippen molar-refractivity contribution in [3.8, 4) is 0 Å². The van der Waals surface area contributed by atoms with Crippen LogP contribution in [0.3, 0.4) is 0 Å². The second-order valence-corrected chi connectivity index (χ2v) is 23.9. The monoisotopic (exact) mass is 1350 g/mol. The number of aliphatic carboxylic acids is 1. The van der Waals surface area contributed by atoms with Crippen molar-refractivity contribution in [2.45, 2.75) is 166 Å². The van der Waals surface area contributed by atoms with Crippen LogP contribution in [-0.2, 0) is 73.8 Å². The van der Waals surface area contributed by atoms with Crippen molar-refractivity contribution in [1.82, 2.24) is 77.5 Å². The van der Waals surface area contributed by atoms with E-state index in [0.717, 1.165) is 10.9 Å². The normalized spacial score (nSPS) is 19.1. The van der Waals surface area contributed by atoms with Crippen LogP contribution in [0.2, 0.25) is 0 Å². The number of carbonyl (C=O) groups is 11. The molecule has 19 N–H and O–H groups in total. The van der Waals surface area contributed by atoms with Crippen LogP contribution in [0.4, 0.5) is 0 Å². The summed E-state index contributed by atoms with van der Waals surface area (Å²) < 4.78 is 1.63. The maximum absolute atomic E-state index is 14.9. The van der Waals surface area contributed by atoms with E-state index in [0.29, 0.717) is 80.2 Å². The highest BCUT2D eigenvalue weighted by Gasteiger charge is 2.36. The quantitative estimate of drug-likeness (QED) is 0.0150. The average molecular weight is 1350 g/mol. The van der Waals surface area contributed by atoms with Gasteiger partial charge in [0.2, 0.25) is 53.2 Å². The number of benzene rings is 2. The van der Waals surface area contributed by atoms with Gasteiger partial charge in [0.1, 0.15) is 47.9 Å². The molecule has 97 heavy (non-hydrogen) atoms. The zero-order valence-electron chi connectivity index (χ0n) is 55.1. The van der Waals surface area contributed by atoms with Crippen LogP contribution >= 0.6 is 0 Å².